The van der Waals surface area contributed by atoms with Gasteiger partial charge in [-0.1, -0.05) is 25.0 Å². The van der Waals surface area contributed by atoms with Crippen LogP contribution in [-0.4, -0.2) is 44.1 Å². The Kier molecular flexibility index (Phi) is 6.03. The zero-order valence-corrected chi connectivity index (χ0v) is 13.3. The maximum atomic E-state index is 10.4. The molecule has 3 unspecified atom stereocenters. The zero-order chi connectivity index (χ0) is 15.2. The van der Waals surface area contributed by atoms with E-state index < -0.39 is 0 Å². The summed E-state index contributed by atoms with van der Waals surface area (Å²) in [5.74, 6) is 1.10. The van der Waals surface area contributed by atoms with Crippen molar-refractivity contribution in [2.45, 2.75) is 37.8 Å². The minimum absolute atomic E-state index is 0.213. The van der Waals surface area contributed by atoms with Gasteiger partial charge in [0.1, 0.15) is 5.75 Å². The van der Waals surface area contributed by atoms with E-state index in [2.05, 4.69) is 31.1 Å². The Morgan fingerprint density at radius 2 is 2.05 bits per heavy atom. The lowest BCUT2D eigenvalue weighted by Crippen LogP contribution is -2.36. The molecular formula is C17H27NO3. The first-order valence-electron chi connectivity index (χ1n) is 7.69. The van der Waals surface area contributed by atoms with Gasteiger partial charge < -0.3 is 19.5 Å². The number of hydrogen-bond acceptors (Lipinski definition) is 4. The minimum atomic E-state index is -0.213. The number of ether oxygens (including phenoxy) is 2. The van der Waals surface area contributed by atoms with Crippen molar-refractivity contribution < 1.29 is 14.6 Å². The highest BCUT2D eigenvalue weighted by Gasteiger charge is 2.33. The summed E-state index contributed by atoms with van der Waals surface area (Å²) in [5.41, 5.74) is 1.19. The smallest absolute Gasteiger partial charge is 0.188 e. The number of aliphatic hydroxyl groups is 1. The molecule has 1 aromatic rings. The Morgan fingerprint density at radius 1 is 1.29 bits per heavy atom. The van der Waals surface area contributed by atoms with Gasteiger partial charge in [0, 0.05) is 19.1 Å². The SMILES string of the molecule is COCOc1cccc(C(C2CCCCC2O)N(C)C)c1. The fourth-order valence-corrected chi connectivity index (χ4v) is 3.35. The molecule has 3 atom stereocenters. The molecule has 2 rings (SSSR count). The van der Waals surface area contributed by atoms with Crippen LogP contribution in [-0.2, 0) is 4.74 Å². The molecule has 1 N–H and O–H groups in total. The fraction of sp³-hybridized carbons (Fsp3) is 0.647. The molecule has 0 bridgehead atoms. The van der Waals surface area contributed by atoms with Crippen molar-refractivity contribution in [2.24, 2.45) is 5.92 Å². The van der Waals surface area contributed by atoms with E-state index in [9.17, 15) is 5.11 Å². The van der Waals surface area contributed by atoms with Gasteiger partial charge in [0.05, 0.1) is 6.10 Å². The van der Waals surface area contributed by atoms with E-state index in [4.69, 9.17) is 9.47 Å². The van der Waals surface area contributed by atoms with Gasteiger partial charge in [0.25, 0.3) is 0 Å². The van der Waals surface area contributed by atoms with Gasteiger partial charge >= 0.3 is 0 Å². The van der Waals surface area contributed by atoms with Crippen LogP contribution >= 0.6 is 0 Å². The van der Waals surface area contributed by atoms with Crippen LogP contribution < -0.4 is 4.74 Å². The van der Waals surface area contributed by atoms with Crippen molar-refractivity contribution in [1.82, 2.24) is 4.90 Å². The summed E-state index contributed by atoms with van der Waals surface area (Å²) in [5, 5.41) is 10.4. The van der Waals surface area contributed by atoms with Gasteiger partial charge in [-0.25, -0.2) is 0 Å². The fourth-order valence-electron chi connectivity index (χ4n) is 3.35. The maximum Gasteiger partial charge on any atom is 0.188 e. The van der Waals surface area contributed by atoms with Crippen LogP contribution in [0.25, 0.3) is 0 Å². The van der Waals surface area contributed by atoms with Crippen LogP contribution in [0.1, 0.15) is 37.3 Å². The van der Waals surface area contributed by atoms with Crippen molar-refractivity contribution in [3.8, 4) is 5.75 Å². The summed E-state index contributed by atoms with van der Waals surface area (Å²) in [6.07, 6.45) is 4.11. The summed E-state index contributed by atoms with van der Waals surface area (Å²) in [6.45, 7) is 0.252. The van der Waals surface area contributed by atoms with E-state index in [1.807, 2.05) is 12.1 Å². The Hall–Kier alpha value is -1.10. The van der Waals surface area contributed by atoms with E-state index >= 15 is 0 Å². The highest BCUT2D eigenvalue weighted by Crippen LogP contribution is 2.38. The lowest BCUT2D eigenvalue weighted by Gasteiger charge is -2.38. The number of nitrogens with zero attached hydrogens (tertiary/aromatic N) is 1. The average molecular weight is 293 g/mol. The molecule has 0 radical (unpaired) electrons. The van der Waals surface area contributed by atoms with Gasteiger partial charge in [0.15, 0.2) is 6.79 Å². The van der Waals surface area contributed by atoms with Crippen LogP contribution in [0.5, 0.6) is 5.75 Å². The molecule has 118 valence electrons. The number of benzene rings is 1. The van der Waals surface area contributed by atoms with E-state index in [1.54, 1.807) is 7.11 Å². The lowest BCUT2D eigenvalue weighted by atomic mass is 9.78. The molecule has 1 aliphatic rings. The van der Waals surface area contributed by atoms with Gasteiger partial charge in [0.2, 0.25) is 0 Å². The molecule has 1 aliphatic carbocycles. The minimum Gasteiger partial charge on any atom is -0.468 e. The van der Waals surface area contributed by atoms with E-state index in [0.29, 0.717) is 0 Å². The molecule has 0 aliphatic heterocycles. The normalized spacial score (nSPS) is 24.0. The largest absolute Gasteiger partial charge is 0.468 e. The summed E-state index contributed by atoms with van der Waals surface area (Å²) in [6, 6.07) is 8.33. The molecule has 0 heterocycles. The summed E-state index contributed by atoms with van der Waals surface area (Å²) >= 11 is 0. The Labute approximate surface area is 127 Å². The molecule has 4 nitrogen and oxygen atoms in total. The average Bonchev–Trinajstić information content (AvgIpc) is 2.47. The van der Waals surface area contributed by atoms with Crippen molar-refractivity contribution in [1.29, 1.82) is 0 Å². The molecule has 0 aromatic heterocycles. The van der Waals surface area contributed by atoms with E-state index in [0.717, 1.165) is 25.0 Å². The molecule has 0 saturated heterocycles. The first kappa shape index (κ1) is 16.3. The summed E-state index contributed by atoms with van der Waals surface area (Å²) < 4.78 is 10.5. The zero-order valence-electron chi connectivity index (χ0n) is 13.3. The van der Waals surface area contributed by atoms with Gasteiger partial charge in [-0.2, -0.15) is 0 Å². The van der Waals surface area contributed by atoms with Crippen molar-refractivity contribution in [3.63, 3.8) is 0 Å². The van der Waals surface area contributed by atoms with Gasteiger partial charge in [-0.15, -0.1) is 0 Å². The van der Waals surface area contributed by atoms with Gasteiger partial charge in [-0.05, 0) is 44.6 Å². The van der Waals surface area contributed by atoms with Crippen LogP contribution in [0.4, 0.5) is 0 Å². The van der Waals surface area contributed by atoms with Crippen molar-refractivity contribution in [2.75, 3.05) is 28.0 Å². The third-order valence-electron chi connectivity index (χ3n) is 4.29. The molecule has 1 aromatic carbocycles. The third-order valence-corrected chi connectivity index (χ3v) is 4.29. The van der Waals surface area contributed by atoms with E-state index in [1.165, 1.54) is 12.0 Å². The number of hydrogen-bond donors (Lipinski definition) is 1. The summed E-state index contributed by atoms with van der Waals surface area (Å²) in [7, 11) is 5.77. The second kappa shape index (κ2) is 7.78. The third kappa shape index (κ3) is 4.19. The van der Waals surface area contributed by atoms with Crippen LogP contribution in [0.2, 0.25) is 0 Å². The Morgan fingerprint density at radius 3 is 2.71 bits per heavy atom. The second-order valence-electron chi connectivity index (χ2n) is 6.05. The molecule has 0 spiro atoms. The first-order chi connectivity index (χ1) is 10.1. The molecular weight excluding hydrogens is 266 g/mol. The highest BCUT2D eigenvalue weighted by molar-refractivity contribution is 5.31. The van der Waals surface area contributed by atoms with Gasteiger partial charge in [-0.3, -0.25) is 0 Å². The van der Waals surface area contributed by atoms with Crippen LogP contribution in [0.3, 0.4) is 0 Å². The number of aliphatic hydroxyl groups excluding tert-OH is 1. The monoisotopic (exact) mass is 293 g/mol. The maximum absolute atomic E-state index is 10.4. The van der Waals surface area contributed by atoms with Crippen LogP contribution in [0.15, 0.2) is 24.3 Å². The predicted molar refractivity (Wildman–Crippen MR) is 83.3 cm³/mol. The standard InChI is InChI=1S/C17H27NO3/c1-18(2)17(15-9-4-5-10-16(15)19)13-7-6-8-14(11-13)21-12-20-3/h6-8,11,15-17,19H,4-5,9-10,12H2,1-3H3. The first-order valence-corrected chi connectivity index (χ1v) is 7.69. The molecule has 1 saturated carbocycles. The molecule has 21 heavy (non-hydrogen) atoms. The second-order valence-corrected chi connectivity index (χ2v) is 6.05. The van der Waals surface area contributed by atoms with E-state index in [-0.39, 0.29) is 24.9 Å². The molecule has 4 heteroatoms. The predicted octanol–water partition coefficient (Wildman–Crippen LogP) is 2.82. The Bertz CT molecular complexity index is 436. The molecule has 0 amide bonds. The van der Waals surface area contributed by atoms with Crippen molar-refractivity contribution in [3.05, 3.63) is 29.8 Å². The Balaban J connectivity index is 2.21. The quantitative estimate of drug-likeness (QED) is 0.819. The topological polar surface area (TPSA) is 41.9 Å². The molecule has 1 fully saturated rings. The lowest BCUT2D eigenvalue weighted by molar-refractivity contribution is 0.0217. The summed E-state index contributed by atoms with van der Waals surface area (Å²) in [4.78, 5) is 2.20. The highest BCUT2D eigenvalue weighted by atomic mass is 16.7. The number of methoxy groups -OCH3 is 1. The van der Waals surface area contributed by atoms with Crippen LogP contribution in [0, 0.1) is 5.92 Å². The number of rotatable bonds is 6. The van der Waals surface area contributed by atoms with Crippen molar-refractivity contribution >= 4 is 0 Å².